The molecule has 1 saturated carbocycles. The summed E-state index contributed by atoms with van der Waals surface area (Å²) in [4.78, 5) is 26.6. The summed E-state index contributed by atoms with van der Waals surface area (Å²) in [6.45, 7) is 0. The summed E-state index contributed by atoms with van der Waals surface area (Å²) in [5.74, 6) is -0.208. The lowest BCUT2D eigenvalue weighted by Gasteiger charge is -2.00. The topological polar surface area (TPSA) is 56.3 Å². The number of Topliss-reactive ketones (excluding diaryl/α,β-unsaturated/α-hetero) is 1. The lowest BCUT2D eigenvalue weighted by Crippen LogP contribution is -2.07. The number of ketones is 1. The van der Waals surface area contributed by atoms with Gasteiger partial charge in [0.25, 0.3) is 0 Å². The van der Waals surface area contributed by atoms with Crippen molar-refractivity contribution >= 4 is 11.8 Å². The summed E-state index contributed by atoms with van der Waals surface area (Å²) in [5.41, 5.74) is 0.801. The Balaban J connectivity index is 2.16. The van der Waals surface area contributed by atoms with Gasteiger partial charge in [0.05, 0.1) is 12.7 Å². The minimum absolute atomic E-state index is 0.0754. The van der Waals surface area contributed by atoms with Crippen molar-refractivity contribution in [2.45, 2.75) is 12.8 Å². The zero-order chi connectivity index (χ0) is 10.8. The van der Waals surface area contributed by atoms with Crippen LogP contribution in [0.25, 0.3) is 0 Å². The molecule has 1 aromatic rings. The van der Waals surface area contributed by atoms with E-state index in [1.54, 1.807) is 12.1 Å². The number of carbonyl (C=O) groups is 2. The van der Waals surface area contributed by atoms with Gasteiger partial charge in [-0.2, -0.15) is 0 Å². The van der Waals surface area contributed by atoms with Crippen LogP contribution in [0.5, 0.6) is 0 Å². The van der Waals surface area contributed by atoms with E-state index >= 15 is 0 Å². The first-order valence-electron chi connectivity index (χ1n) is 4.81. The first-order chi connectivity index (χ1) is 7.22. The molecule has 0 bridgehead atoms. The predicted octanol–water partition coefficient (Wildman–Crippen LogP) is 1.46. The van der Waals surface area contributed by atoms with Crippen LogP contribution in [0.1, 0.15) is 33.7 Å². The number of aromatic nitrogens is 1. The van der Waals surface area contributed by atoms with E-state index in [2.05, 4.69) is 9.72 Å². The lowest BCUT2D eigenvalue weighted by molar-refractivity contribution is 0.0599. The molecule has 1 heterocycles. The van der Waals surface area contributed by atoms with E-state index in [4.69, 9.17) is 0 Å². The molecule has 0 aromatic carbocycles. The fraction of sp³-hybridized carbons (Fsp3) is 0.364. The molecule has 4 nitrogen and oxygen atoms in total. The van der Waals surface area contributed by atoms with Crippen molar-refractivity contribution in [2.75, 3.05) is 7.11 Å². The van der Waals surface area contributed by atoms with Gasteiger partial charge in [0.2, 0.25) is 0 Å². The second kappa shape index (κ2) is 3.81. The molecule has 0 N–H and O–H groups in total. The van der Waals surface area contributed by atoms with Crippen LogP contribution in [0.4, 0.5) is 0 Å². The van der Waals surface area contributed by atoms with Crippen LogP contribution in [-0.4, -0.2) is 23.8 Å². The number of methoxy groups -OCH3 is 1. The van der Waals surface area contributed by atoms with Gasteiger partial charge in [-0.15, -0.1) is 0 Å². The molecule has 78 valence electrons. The van der Waals surface area contributed by atoms with Crippen molar-refractivity contribution in [3.8, 4) is 0 Å². The van der Waals surface area contributed by atoms with E-state index in [1.807, 2.05) is 0 Å². The standard InChI is InChI=1S/C11H11NO3/c1-15-11(14)8-4-5-9(12-6-8)10(13)7-2-3-7/h4-7H,2-3H2,1H3. The van der Waals surface area contributed by atoms with Crippen molar-refractivity contribution in [3.05, 3.63) is 29.6 Å². The molecule has 0 aliphatic heterocycles. The van der Waals surface area contributed by atoms with Crippen molar-refractivity contribution < 1.29 is 14.3 Å². The summed E-state index contributed by atoms with van der Waals surface area (Å²) >= 11 is 0. The zero-order valence-electron chi connectivity index (χ0n) is 8.40. The molecule has 0 unspecified atom stereocenters. The summed E-state index contributed by atoms with van der Waals surface area (Å²) in [6, 6.07) is 3.14. The fourth-order valence-electron chi connectivity index (χ4n) is 1.33. The number of hydrogen-bond acceptors (Lipinski definition) is 4. The third-order valence-electron chi connectivity index (χ3n) is 2.39. The van der Waals surface area contributed by atoms with Gasteiger partial charge in [-0.3, -0.25) is 9.78 Å². The first kappa shape index (κ1) is 9.83. The van der Waals surface area contributed by atoms with Crippen LogP contribution in [0.15, 0.2) is 18.3 Å². The molecule has 0 saturated heterocycles. The molecule has 0 radical (unpaired) electrons. The minimum atomic E-state index is -0.437. The van der Waals surface area contributed by atoms with Gasteiger partial charge in [-0.05, 0) is 25.0 Å². The molecular formula is C11H11NO3. The maximum atomic E-state index is 11.6. The third kappa shape index (κ3) is 2.03. The number of carbonyl (C=O) groups excluding carboxylic acids is 2. The average molecular weight is 205 g/mol. The Morgan fingerprint density at radius 1 is 1.40 bits per heavy atom. The summed E-state index contributed by atoms with van der Waals surface area (Å²) in [5, 5.41) is 0. The number of esters is 1. The second-order valence-electron chi connectivity index (χ2n) is 3.56. The van der Waals surface area contributed by atoms with Crippen LogP contribution in [0.3, 0.4) is 0 Å². The summed E-state index contributed by atoms with van der Waals surface area (Å²) < 4.78 is 4.53. The number of hydrogen-bond donors (Lipinski definition) is 0. The highest BCUT2D eigenvalue weighted by molar-refractivity contribution is 5.98. The largest absolute Gasteiger partial charge is 0.465 e. The first-order valence-corrected chi connectivity index (χ1v) is 4.81. The van der Waals surface area contributed by atoms with Gasteiger partial charge < -0.3 is 4.74 Å². The van der Waals surface area contributed by atoms with Gasteiger partial charge >= 0.3 is 5.97 Å². The highest BCUT2D eigenvalue weighted by Gasteiger charge is 2.31. The van der Waals surface area contributed by atoms with Crippen LogP contribution < -0.4 is 0 Å². The molecule has 15 heavy (non-hydrogen) atoms. The summed E-state index contributed by atoms with van der Waals surface area (Å²) in [7, 11) is 1.31. The molecule has 1 aliphatic rings. The van der Waals surface area contributed by atoms with E-state index in [0.717, 1.165) is 12.8 Å². The van der Waals surface area contributed by atoms with E-state index in [0.29, 0.717) is 11.3 Å². The van der Waals surface area contributed by atoms with Crippen molar-refractivity contribution in [1.29, 1.82) is 0 Å². The van der Waals surface area contributed by atoms with Crippen molar-refractivity contribution in [1.82, 2.24) is 4.98 Å². The molecule has 0 atom stereocenters. The van der Waals surface area contributed by atoms with Crippen molar-refractivity contribution in [3.63, 3.8) is 0 Å². The van der Waals surface area contributed by atoms with E-state index in [-0.39, 0.29) is 11.7 Å². The Bertz CT molecular complexity index is 393. The maximum Gasteiger partial charge on any atom is 0.339 e. The smallest absolute Gasteiger partial charge is 0.339 e. The minimum Gasteiger partial charge on any atom is -0.465 e. The van der Waals surface area contributed by atoms with E-state index in [9.17, 15) is 9.59 Å². The molecule has 4 heteroatoms. The number of rotatable bonds is 3. The van der Waals surface area contributed by atoms with Crippen LogP contribution in [0, 0.1) is 5.92 Å². The Kier molecular flexibility index (Phi) is 2.49. The highest BCUT2D eigenvalue weighted by Crippen LogP contribution is 2.31. The monoisotopic (exact) mass is 205 g/mol. The Morgan fingerprint density at radius 3 is 2.60 bits per heavy atom. The number of nitrogens with zero attached hydrogens (tertiary/aromatic N) is 1. The molecule has 0 amide bonds. The van der Waals surface area contributed by atoms with Gasteiger partial charge in [0.15, 0.2) is 5.78 Å². The van der Waals surface area contributed by atoms with E-state index < -0.39 is 5.97 Å². The molecular weight excluding hydrogens is 194 g/mol. The number of pyridine rings is 1. The highest BCUT2D eigenvalue weighted by atomic mass is 16.5. The predicted molar refractivity (Wildman–Crippen MR) is 52.6 cm³/mol. The van der Waals surface area contributed by atoms with E-state index in [1.165, 1.54) is 13.3 Å². The normalized spacial score (nSPS) is 14.7. The molecule has 0 spiro atoms. The zero-order valence-corrected chi connectivity index (χ0v) is 8.40. The van der Waals surface area contributed by atoms with Crippen molar-refractivity contribution in [2.24, 2.45) is 5.92 Å². The van der Waals surface area contributed by atoms with Gasteiger partial charge in [-0.25, -0.2) is 4.79 Å². The van der Waals surface area contributed by atoms with Crippen LogP contribution in [0.2, 0.25) is 0 Å². The Morgan fingerprint density at radius 2 is 2.13 bits per heavy atom. The van der Waals surface area contributed by atoms with Crippen LogP contribution in [-0.2, 0) is 4.74 Å². The third-order valence-corrected chi connectivity index (χ3v) is 2.39. The lowest BCUT2D eigenvalue weighted by atomic mass is 10.1. The van der Waals surface area contributed by atoms with Gasteiger partial charge in [0, 0.05) is 12.1 Å². The van der Waals surface area contributed by atoms with Gasteiger partial charge in [0.1, 0.15) is 5.69 Å². The quantitative estimate of drug-likeness (QED) is 0.553. The van der Waals surface area contributed by atoms with Crippen LogP contribution >= 0.6 is 0 Å². The number of ether oxygens (including phenoxy) is 1. The Labute approximate surface area is 87.3 Å². The summed E-state index contributed by atoms with van der Waals surface area (Å²) in [6.07, 6.45) is 3.29. The average Bonchev–Trinajstić information content (AvgIpc) is 3.11. The molecule has 1 fully saturated rings. The maximum absolute atomic E-state index is 11.6. The molecule has 1 aliphatic carbocycles. The van der Waals surface area contributed by atoms with Gasteiger partial charge in [-0.1, -0.05) is 0 Å². The Hall–Kier alpha value is -1.71. The second-order valence-corrected chi connectivity index (χ2v) is 3.56. The molecule has 1 aromatic heterocycles. The SMILES string of the molecule is COC(=O)c1ccc(C(=O)C2CC2)nc1. The molecule has 2 rings (SSSR count). The fourth-order valence-corrected chi connectivity index (χ4v) is 1.33.